The number of fused-ring (bicyclic) bond motifs is 1. The summed E-state index contributed by atoms with van der Waals surface area (Å²) < 4.78 is 1.25. The first-order valence-corrected chi connectivity index (χ1v) is 6.57. The summed E-state index contributed by atoms with van der Waals surface area (Å²) in [5.74, 6) is 0.155. The molecule has 2 aromatic heterocycles. The summed E-state index contributed by atoms with van der Waals surface area (Å²) in [4.78, 5) is 19.0. The monoisotopic (exact) mass is 271 g/mol. The molecule has 0 saturated heterocycles. The topological polar surface area (TPSA) is 77.0 Å². The van der Waals surface area contributed by atoms with E-state index >= 15 is 0 Å². The molecule has 3 heterocycles. The van der Waals surface area contributed by atoms with E-state index in [0.29, 0.717) is 11.4 Å². The van der Waals surface area contributed by atoms with Gasteiger partial charge in [-0.15, -0.1) is 0 Å². The molecule has 3 rings (SSSR count). The van der Waals surface area contributed by atoms with Crippen LogP contribution in [0, 0.1) is 6.92 Å². The highest BCUT2D eigenvalue weighted by Gasteiger charge is 2.22. The third kappa shape index (κ3) is 2.08. The van der Waals surface area contributed by atoms with Crippen LogP contribution in [0.2, 0.25) is 0 Å². The molecule has 0 saturated carbocycles. The number of carbonyl (C=O) groups is 1. The molecular weight excluding hydrogens is 254 g/mol. The Morgan fingerprint density at radius 3 is 2.90 bits per heavy atom. The third-order valence-electron chi connectivity index (χ3n) is 3.61. The van der Waals surface area contributed by atoms with Gasteiger partial charge in [-0.1, -0.05) is 0 Å². The summed E-state index contributed by atoms with van der Waals surface area (Å²) in [6, 6.07) is 1.69. The smallest absolute Gasteiger partial charge is 0.281 e. The number of likely N-dealkylation sites (N-methyl/N-ethyl adjacent to an activating group) is 1. The minimum atomic E-state index is -0.204. The van der Waals surface area contributed by atoms with Crippen molar-refractivity contribution in [2.24, 2.45) is 0 Å². The van der Waals surface area contributed by atoms with Crippen LogP contribution in [0.5, 0.6) is 0 Å². The Morgan fingerprint density at radius 2 is 2.20 bits per heavy atom. The molecule has 20 heavy (non-hydrogen) atoms. The lowest BCUT2D eigenvalue weighted by molar-refractivity contribution is 0.0945. The summed E-state index contributed by atoms with van der Waals surface area (Å²) in [6.45, 7) is 3.57. The first-order chi connectivity index (χ1) is 9.56. The van der Waals surface area contributed by atoms with Crippen molar-refractivity contribution < 1.29 is 4.79 Å². The van der Waals surface area contributed by atoms with Crippen LogP contribution in [-0.4, -0.2) is 39.2 Å². The van der Waals surface area contributed by atoms with Crippen molar-refractivity contribution in [3.63, 3.8) is 0 Å². The highest BCUT2D eigenvalue weighted by molar-refractivity contribution is 5.98. The van der Waals surface area contributed by atoms with E-state index in [9.17, 15) is 4.79 Å². The van der Waals surface area contributed by atoms with Crippen molar-refractivity contribution in [2.75, 3.05) is 19.3 Å². The van der Waals surface area contributed by atoms with E-state index in [2.05, 4.69) is 22.0 Å². The van der Waals surface area contributed by atoms with Gasteiger partial charge in [-0.2, -0.15) is 9.78 Å². The van der Waals surface area contributed by atoms with Gasteiger partial charge in [0.1, 0.15) is 5.82 Å². The van der Waals surface area contributed by atoms with E-state index in [1.807, 2.05) is 13.1 Å². The van der Waals surface area contributed by atoms with Crippen molar-refractivity contribution in [1.29, 1.82) is 0 Å². The van der Waals surface area contributed by atoms with E-state index in [4.69, 9.17) is 5.73 Å². The quantitative estimate of drug-likeness (QED) is 0.832. The molecule has 6 nitrogen and oxygen atoms in total. The maximum atomic E-state index is 12.6. The van der Waals surface area contributed by atoms with Crippen LogP contribution >= 0.6 is 0 Å². The number of nitrogens with zero attached hydrogens (tertiary/aromatic N) is 4. The molecule has 2 aromatic rings. The molecule has 0 spiro atoms. The normalized spacial score (nSPS) is 15.1. The number of nitrogens with two attached hydrogens (primary N) is 1. The molecule has 1 aliphatic heterocycles. The van der Waals surface area contributed by atoms with E-state index in [0.717, 1.165) is 36.3 Å². The molecule has 0 unspecified atom stereocenters. The zero-order valence-electron chi connectivity index (χ0n) is 11.6. The van der Waals surface area contributed by atoms with Crippen LogP contribution in [0.25, 0.3) is 0 Å². The van der Waals surface area contributed by atoms with Crippen molar-refractivity contribution in [3.05, 3.63) is 40.8 Å². The molecule has 0 radical (unpaired) electrons. The largest absolute Gasteiger partial charge is 0.383 e. The van der Waals surface area contributed by atoms with E-state index < -0.39 is 0 Å². The van der Waals surface area contributed by atoms with Crippen molar-refractivity contribution in [2.45, 2.75) is 19.9 Å². The maximum Gasteiger partial charge on any atom is 0.281 e. The Morgan fingerprint density at radius 1 is 1.40 bits per heavy atom. The number of hydrogen-bond donors (Lipinski definition) is 1. The van der Waals surface area contributed by atoms with Crippen molar-refractivity contribution >= 4 is 11.7 Å². The molecule has 0 bridgehead atoms. The number of nitrogen functional groups attached to an aromatic ring is 1. The lowest BCUT2D eigenvalue weighted by atomic mass is 9.97. The first kappa shape index (κ1) is 12.8. The lowest BCUT2D eigenvalue weighted by Gasteiger charge is -2.25. The number of rotatable bonds is 1. The predicted molar refractivity (Wildman–Crippen MR) is 75.4 cm³/mol. The summed E-state index contributed by atoms with van der Waals surface area (Å²) in [5, 5.41) is 4.15. The third-order valence-corrected chi connectivity index (χ3v) is 3.61. The van der Waals surface area contributed by atoms with Gasteiger partial charge in [-0.05, 0) is 31.5 Å². The number of hydrogen-bond acceptors (Lipinski definition) is 5. The minimum absolute atomic E-state index is 0.204. The summed E-state index contributed by atoms with van der Waals surface area (Å²) in [7, 11) is 2.06. The zero-order valence-corrected chi connectivity index (χ0v) is 11.6. The predicted octanol–water partition coefficient (Wildman–Crippen LogP) is 0.845. The number of pyridine rings is 1. The summed E-state index contributed by atoms with van der Waals surface area (Å²) in [5.41, 5.74) is 9.33. The lowest BCUT2D eigenvalue weighted by Crippen LogP contribution is -2.29. The fraction of sp³-hybridized carbons (Fsp3) is 0.357. The molecule has 2 N–H and O–H groups in total. The fourth-order valence-corrected chi connectivity index (χ4v) is 2.62. The van der Waals surface area contributed by atoms with Gasteiger partial charge in [-0.25, -0.2) is 0 Å². The second-order valence-corrected chi connectivity index (χ2v) is 5.24. The van der Waals surface area contributed by atoms with Gasteiger partial charge in [0.05, 0.1) is 11.3 Å². The number of aromatic nitrogens is 3. The number of anilines is 1. The molecule has 6 heteroatoms. The molecule has 1 aliphatic rings. The van der Waals surface area contributed by atoms with Gasteiger partial charge in [0.2, 0.25) is 0 Å². The van der Waals surface area contributed by atoms with Crippen molar-refractivity contribution in [3.8, 4) is 0 Å². The second-order valence-electron chi connectivity index (χ2n) is 5.24. The Bertz CT molecular complexity index is 676. The Balaban J connectivity index is 2.05. The SMILES string of the molecule is Cc1cc(N)n(C(=O)c2cncc3c2CCN(C)C3)n1. The van der Waals surface area contributed by atoms with Crippen LogP contribution in [0.15, 0.2) is 18.5 Å². The molecule has 0 aromatic carbocycles. The van der Waals surface area contributed by atoms with Gasteiger partial charge in [0.15, 0.2) is 0 Å². The molecule has 0 atom stereocenters. The maximum absolute atomic E-state index is 12.6. The Kier molecular flexibility index (Phi) is 3.02. The summed E-state index contributed by atoms with van der Waals surface area (Å²) >= 11 is 0. The van der Waals surface area contributed by atoms with Crippen LogP contribution in [-0.2, 0) is 13.0 Å². The van der Waals surface area contributed by atoms with Gasteiger partial charge in [0.25, 0.3) is 5.91 Å². The average Bonchev–Trinajstić information content (AvgIpc) is 2.76. The Hall–Kier alpha value is -2.21. The highest BCUT2D eigenvalue weighted by Crippen LogP contribution is 2.22. The minimum Gasteiger partial charge on any atom is -0.383 e. The van der Waals surface area contributed by atoms with Gasteiger partial charge >= 0.3 is 0 Å². The molecule has 0 fully saturated rings. The van der Waals surface area contributed by atoms with E-state index in [1.165, 1.54) is 4.68 Å². The average molecular weight is 271 g/mol. The molecule has 0 aliphatic carbocycles. The molecule has 0 amide bonds. The van der Waals surface area contributed by atoms with Gasteiger partial charge in [0, 0.05) is 31.5 Å². The second kappa shape index (κ2) is 4.72. The number of aryl methyl sites for hydroxylation is 1. The highest BCUT2D eigenvalue weighted by atomic mass is 16.2. The Labute approximate surface area is 117 Å². The summed E-state index contributed by atoms with van der Waals surface area (Å²) in [6.07, 6.45) is 4.29. The van der Waals surface area contributed by atoms with Crippen LogP contribution in [0.1, 0.15) is 27.2 Å². The first-order valence-electron chi connectivity index (χ1n) is 6.57. The van der Waals surface area contributed by atoms with Crippen LogP contribution in [0.4, 0.5) is 5.82 Å². The fourth-order valence-electron chi connectivity index (χ4n) is 2.62. The van der Waals surface area contributed by atoms with Gasteiger partial charge < -0.3 is 10.6 Å². The van der Waals surface area contributed by atoms with Crippen LogP contribution in [0.3, 0.4) is 0 Å². The van der Waals surface area contributed by atoms with E-state index in [1.54, 1.807) is 12.3 Å². The number of carbonyl (C=O) groups excluding carboxylic acids is 1. The molecule has 104 valence electrons. The van der Waals surface area contributed by atoms with Crippen LogP contribution < -0.4 is 5.73 Å². The van der Waals surface area contributed by atoms with E-state index in [-0.39, 0.29) is 5.91 Å². The molecular formula is C14H17N5O. The zero-order chi connectivity index (χ0) is 14.3. The van der Waals surface area contributed by atoms with Crippen molar-refractivity contribution in [1.82, 2.24) is 19.7 Å². The van der Waals surface area contributed by atoms with Gasteiger partial charge in [-0.3, -0.25) is 9.78 Å². The standard InChI is InChI=1S/C14H17N5O/c1-9-5-13(15)19(17-9)14(20)12-7-16-6-10-8-18(2)4-3-11(10)12/h5-7H,3-4,8,15H2,1-2H3.